The Kier molecular flexibility index (Phi) is 5.26. The molecule has 0 radical (unpaired) electrons. The molecule has 5 nitrogen and oxygen atoms in total. The average Bonchev–Trinajstić information content (AvgIpc) is 3.23. The summed E-state index contributed by atoms with van der Waals surface area (Å²) in [6.45, 7) is 0. The van der Waals surface area contributed by atoms with Crippen molar-refractivity contribution in [2.45, 2.75) is 0 Å². The van der Waals surface area contributed by atoms with Crippen molar-refractivity contribution < 1.29 is 9.21 Å². The quantitative estimate of drug-likeness (QED) is 0.487. The number of benzene rings is 1. The van der Waals surface area contributed by atoms with Gasteiger partial charge in [0.1, 0.15) is 11.5 Å². The van der Waals surface area contributed by atoms with Crippen molar-refractivity contribution in [1.82, 2.24) is 9.88 Å². The van der Waals surface area contributed by atoms with Crippen LogP contribution in [0.4, 0.5) is 5.69 Å². The van der Waals surface area contributed by atoms with Gasteiger partial charge in [-0.05, 0) is 48.2 Å². The lowest BCUT2D eigenvalue weighted by molar-refractivity contribution is -0.121. The second-order valence-corrected chi connectivity index (χ2v) is 7.70. The number of rotatable bonds is 3. The van der Waals surface area contributed by atoms with Crippen molar-refractivity contribution in [1.29, 1.82) is 0 Å². The van der Waals surface area contributed by atoms with Gasteiger partial charge in [0.25, 0.3) is 5.91 Å². The standard InChI is InChI=1S/C20H13Cl2N3O2S/c1-25-19(26)17(28-20(25)24-12-4-3-9-23-11-12)10-13-7-8-16(27-13)18-14(21)5-2-6-15(18)22/h2-11H,1H3/b17-10+,24-20?. The Hall–Kier alpha value is -2.54. The second-order valence-electron chi connectivity index (χ2n) is 5.88. The molecule has 8 heteroatoms. The Balaban J connectivity index is 1.63. The predicted molar refractivity (Wildman–Crippen MR) is 114 cm³/mol. The van der Waals surface area contributed by atoms with E-state index in [1.807, 2.05) is 6.07 Å². The molecule has 0 bridgehead atoms. The van der Waals surface area contributed by atoms with E-state index in [0.717, 1.165) is 0 Å². The number of pyridine rings is 1. The maximum Gasteiger partial charge on any atom is 0.266 e. The Morgan fingerprint density at radius 1 is 1.14 bits per heavy atom. The van der Waals surface area contributed by atoms with E-state index in [9.17, 15) is 4.79 Å². The lowest BCUT2D eigenvalue weighted by Crippen LogP contribution is -2.23. The first-order valence-electron chi connectivity index (χ1n) is 8.23. The van der Waals surface area contributed by atoms with Crippen LogP contribution in [0.15, 0.2) is 69.2 Å². The number of thioether (sulfide) groups is 1. The molecule has 1 aliphatic rings. The smallest absolute Gasteiger partial charge is 0.266 e. The van der Waals surface area contributed by atoms with Crippen molar-refractivity contribution >= 4 is 57.8 Å². The van der Waals surface area contributed by atoms with Gasteiger partial charge in [-0.15, -0.1) is 0 Å². The molecule has 1 aliphatic heterocycles. The Morgan fingerprint density at radius 2 is 1.93 bits per heavy atom. The fraction of sp³-hybridized carbons (Fsp3) is 0.0500. The predicted octanol–water partition coefficient (Wildman–Crippen LogP) is 5.88. The van der Waals surface area contributed by atoms with E-state index in [1.165, 1.54) is 16.7 Å². The third-order valence-electron chi connectivity index (χ3n) is 3.98. The average molecular weight is 430 g/mol. The maximum absolute atomic E-state index is 12.6. The van der Waals surface area contributed by atoms with Crippen LogP contribution in [0.25, 0.3) is 17.4 Å². The number of aromatic nitrogens is 1. The van der Waals surface area contributed by atoms with Gasteiger partial charge in [-0.1, -0.05) is 29.3 Å². The Bertz CT molecular complexity index is 1090. The summed E-state index contributed by atoms with van der Waals surface area (Å²) < 4.78 is 5.85. The number of aliphatic imine (C=N–C) groups is 1. The van der Waals surface area contributed by atoms with Crippen LogP contribution in [0.1, 0.15) is 5.76 Å². The highest BCUT2D eigenvalue weighted by atomic mass is 35.5. The summed E-state index contributed by atoms with van der Waals surface area (Å²) in [5, 5.41) is 1.57. The molecule has 0 aliphatic carbocycles. The van der Waals surface area contributed by atoms with E-state index in [-0.39, 0.29) is 5.91 Å². The summed E-state index contributed by atoms with van der Waals surface area (Å²) >= 11 is 13.7. The van der Waals surface area contributed by atoms with Crippen molar-refractivity contribution in [3.05, 3.63) is 75.6 Å². The van der Waals surface area contributed by atoms with E-state index in [0.29, 0.717) is 42.9 Å². The normalized spacial score (nSPS) is 17.1. The van der Waals surface area contributed by atoms with Crippen molar-refractivity contribution in [2.75, 3.05) is 7.05 Å². The summed E-state index contributed by atoms with van der Waals surface area (Å²) in [7, 11) is 1.68. The SMILES string of the molecule is CN1C(=O)/C(=C\c2ccc(-c3c(Cl)cccc3Cl)o2)SC1=Nc1cccnc1. The van der Waals surface area contributed by atoms with Gasteiger partial charge in [0, 0.05) is 19.3 Å². The van der Waals surface area contributed by atoms with Crippen LogP contribution in [0.2, 0.25) is 10.0 Å². The molecule has 4 rings (SSSR count). The molecule has 1 fully saturated rings. The Morgan fingerprint density at radius 3 is 2.64 bits per heavy atom. The van der Waals surface area contributed by atoms with Gasteiger partial charge in [-0.2, -0.15) is 0 Å². The van der Waals surface area contributed by atoms with E-state index in [2.05, 4.69) is 9.98 Å². The van der Waals surface area contributed by atoms with Crippen LogP contribution in [0, 0.1) is 0 Å². The van der Waals surface area contributed by atoms with E-state index in [4.69, 9.17) is 27.6 Å². The summed E-state index contributed by atoms with van der Waals surface area (Å²) in [5.74, 6) is 0.912. The number of amides is 1. The molecule has 28 heavy (non-hydrogen) atoms. The highest BCUT2D eigenvalue weighted by molar-refractivity contribution is 8.18. The molecule has 0 spiro atoms. The van der Waals surface area contributed by atoms with Crippen molar-refractivity contribution in [2.24, 2.45) is 4.99 Å². The summed E-state index contributed by atoms with van der Waals surface area (Å²) in [6.07, 6.45) is 4.99. The molecule has 140 valence electrons. The molecule has 1 saturated heterocycles. The fourth-order valence-electron chi connectivity index (χ4n) is 2.61. The molecule has 2 aromatic heterocycles. The second kappa shape index (κ2) is 7.83. The first-order chi connectivity index (χ1) is 13.5. The van der Waals surface area contributed by atoms with Gasteiger partial charge < -0.3 is 4.42 Å². The zero-order chi connectivity index (χ0) is 19.7. The maximum atomic E-state index is 12.6. The van der Waals surface area contributed by atoms with Crippen LogP contribution in [0.3, 0.4) is 0 Å². The zero-order valence-electron chi connectivity index (χ0n) is 14.6. The first-order valence-corrected chi connectivity index (χ1v) is 9.81. The molecule has 0 unspecified atom stereocenters. The molecular weight excluding hydrogens is 417 g/mol. The number of furan rings is 1. The molecule has 3 heterocycles. The van der Waals surface area contributed by atoms with Crippen LogP contribution < -0.4 is 0 Å². The molecule has 0 saturated carbocycles. The fourth-order valence-corrected chi connectivity index (χ4v) is 4.16. The third kappa shape index (κ3) is 3.71. The number of carbonyl (C=O) groups is 1. The van der Waals surface area contributed by atoms with Crippen LogP contribution in [-0.4, -0.2) is 28.0 Å². The third-order valence-corrected chi connectivity index (χ3v) is 5.67. The van der Waals surface area contributed by atoms with Gasteiger partial charge in [-0.3, -0.25) is 14.7 Å². The lowest BCUT2D eigenvalue weighted by Gasteiger charge is -2.06. The zero-order valence-corrected chi connectivity index (χ0v) is 16.9. The summed E-state index contributed by atoms with van der Waals surface area (Å²) in [4.78, 5) is 23.1. The van der Waals surface area contributed by atoms with Crippen LogP contribution in [0.5, 0.6) is 0 Å². The first kappa shape index (κ1) is 18.8. The van der Waals surface area contributed by atoms with Gasteiger partial charge in [0.2, 0.25) is 0 Å². The number of amidine groups is 1. The number of hydrogen-bond donors (Lipinski definition) is 0. The number of likely N-dealkylation sites (N-methyl/N-ethyl adjacent to an activating group) is 1. The minimum Gasteiger partial charge on any atom is -0.457 e. The monoisotopic (exact) mass is 429 g/mol. The summed E-state index contributed by atoms with van der Waals surface area (Å²) in [5.41, 5.74) is 1.30. The largest absolute Gasteiger partial charge is 0.457 e. The van der Waals surface area contributed by atoms with Gasteiger partial charge in [0.05, 0.1) is 32.4 Å². The number of halogens is 2. The van der Waals surface area contributed by atoms with Gasteiger partial charge >= 0.3 is 0 Å². The molecule has 0 N–H and O–H groups in total. The summed E-state index contributed by atoms with van der Waals surface area (Å²) in [6, 6.07) is 12.4. The molecule has 1 aromatic carbocycles. The van der Waals surface area contributed by atoms with Gasteiger partial charge in [-0.25, -0.2) is 4.99 Å². The highest BCUT2D eigenvalue weighted by Crippen LogP contribution is 2.37. The molecule has 3 aromatic rings. The lowest BCUT2D eigenvalue weighted by atomic mass is 10.2. The topological polar surface area (TPSA) is 58.7 Å². The van der Waals surface area contributed by atoms with Crippen LogP contribution in [-0.2, 0) is 4.79 Å². The Labute approximate surface area is 175 Å². The van der Waals surface area contributed by atoms with E-state index >= 15 is 0 Å². The molecular formula is C20H13Cl2N3O2S. The minimum absolute atomic E-state index is 0.152. The number of nitrogens with zero attached hydrogens (tertiary/aromatic N) is 3. The van der Waals surface area contributed by atoms with Crippen molar-refractivity contribution in [3.8, 4) is 11.3 Å². The van der Waals surface area contributed by atoms with Crippen LogP contribution >= 0.6 is 35.0 Å². The highest BCUT2D eigenvalue weighted by Gasteiger charge is 2.30. The van der Waals surface area contributed by atoms with E-state index in [1.54, 1.807) is 61.9 Å². The molecule has 1 amide bonds. The van der Waals surface area contributed by atoms with E-state index < -0.39 is 0 Å². The number of hydrogen-bond acceptors (Lipinski definition) is 5. The van der Waals surface area contributed by atoms with Gasteiger partial charge in [0.15, 0.2) is 5.17 Å². The minimum atomic E-state index is -0.152. The molecule has 0 atom stereocenters. The number of carbonyl (C=O) groups excluding carboxylic acids is 1. The van der Waals surface area contributed by atoms with Crippen molar-refractivity contribution in [3.63, 3.8) is 0 Å².